The normalized spacial score (nSPS) is 22.5. The van der Waals surface area contributed by atoms with Crippen molar-refractivity contribution in [3.63, 3.8) is 0 Å². The molecule has 1 fully saturated rings. The molecule has 1 aliphatic rings. The minimum Gasteiger partial charge on any atom is -0.378 e. The molecule has 0 saturated carbocycles. The second-order valence-electron chi connectivity index (χ2n) is 5.09. The molecule has 2 atom stereocenters. The summed E-state index contributed by atoms with van der Waals surface area (Å²) < 4.78 is 6.57. The number of ether oxygens (including phenoxy) is 1. The Bertz CT molecular complexity index is 441. The summed E-state index contributed by atoms with van der Waals surface area (Å²) in [4.78, 5) is 12.1. The Labute approximate surface area is 122 Å². The second kappa shape index (κ2) is 6.53. The SMILES string of the molecule is CCC1OCCC1CNC(=O)c1cc(C)cc(Br)c1. The van der Waals surface area contributed by atoms with Crippen LogP contribution in [0, 0.1) is 12.8 Å². The number of carbonyl (C=O) groups excluding carboxylic acids is 1. The molecule has 1 heterocycles. The van der Waals surface area contributed by atoms with Crippen LogP contribution in [0.2, 0.25) is 0 Å². The van der Waals surface area contributed by atoms with Crippen LogP contribution in [0.3, 0.4) is 0 Å². The average Bonchev–Trinajstić information content (AvgIpc) is 2.82. The van der Waals surface area contributed by atoms with E-state index < -0.39 is 0 Å². The fourth-order valence-corrected chi connectivity index (χ4v) is 3.18. The number of nitrogens with one attached hydrogen (secondary N) is 1. The highest BCUT2D eigenvalue weighted by Gasteiger charge is 2.26. The van der Waals surface area contributed by atoms with E-state index in [2.05, 4.69) is 28.2 Å². The molecule has 0 bridgehead atoms. The largest absolute Gasteiger partial charge is 0.378 e. The van der Waals surface area contributed by atoms with Gasteiger partial charge in [-0.25, -0.2) is 0 Å². The third kappa shape index (κ3) is 3.80. The molecule has 0 aromatic heterocycles. The molecule has 1 amide bonds. The fourth-order valence-electron chi connectivity index (χ4n) is 2.57. The van der Waals surface area contributed by atoms with Crippen LogP contribution in [-0.4, -0.2) is 25.2 Å². The molecule has 4 heteroatoms. The van der Waals surface area contributed by atoms with E-state index in [1.807, 2.05) is 25.1 Å². The summed E-state index contributed by atoms with van der Waals surface area (Å²) in [5.41, 5.74) is 1.79. The highest BCUT2D eigenvalue weighted by molar-refractivity contribution is 9.10. The van der Waals surface area contributed by atoms with Gasteiger partial charge in [0.05, 0.1) is 6.10 Å². The maximum Gasteiger partial charge on any atom is 0.251 e. The second-order valence-corrected chi connectivity index (χ2v) is 6.01. The third-order valence-corrected chi connectivity index (χ3v) is 4.04. The Balaban J connectivity index is 1.94. The van der Waals surface area contributed by atoms with E-state index in [0.717, 1.165) is 29.5 Å². The van der Waals surface area contributed by atoms with Crippen LogP contribution >= 0.6 is 15.9 Å². The van der Waals surface area contributed by atoms with Gasteiger partial charge in [-0.15, -0.1) is 0 Å². The van der Waals surface area contributed by atoms with Crippen molar-refractivity contribution < 1.29 is 9.53 Å². The molecular formula is C15H20BrNO2. The van der Waals surface area contributed by atoms with Crippen LogP contribution < -0.4 is 5.32 Å². The quantitative estimate of drug-likeness (QED) is 0.922. The molecule has 2 unspecified atom stereocenters. The highest BCUT2D eigenvalue weighted by atomic mass is 79.9. The Kier molecular flexibility index (Phi) is 4.99. The molecule has 104 valence electrons. The van der Waals surface area contributed by atoms with E-state index in [0.29, 0.717) is 24.1 Å². The number of halogens is 1. The van der Waals surface area contributed by atoms with Gasteiger partial charge in [0, 0.05) is 29.1 Å². The zero-order valence-corrected chi connectivity index (χ0v) is 13.0. The summed E-state index contributed by atoms with van der Waals surface area (Å²) in [6.45, 7) is 5.62. The summed E-state index contributed by atoms with van der Waals surface area (Å²) in [7, 11) is 0. The van der Waals surface area contributed by atoms with Gasteiger partial charge in [0.25, 0.3) is 5.91 Å². The summed E-state index contributed by atoms with van der Waals surface area (Å²) in [6, 6.07) is 5.75. The molecule has 1 aromatic rings. The molecule has 3 nitrogen and oxygen atoms in total. The van der Waals surface area contributed by atoms with Gasteiger partial charge in [0.15, 0.2) is 0 Å². The molecule has 2 rings (SSSR count). The summed E-state index contributed by atoms with van der Waals surface area (Å²) in [5, 5.41) is 3.02. The van der Waals surface area contributed by atoms with Crippen LogP contribution in [0.15, 0.2) is 22.7 Å². The fraction of sp³-hybridized carbons (Fsp3) is 0.533. The van der Waals surface area contributed by atoms with Crippen LogP contribution in [0.1, 0.15) is 35.7 Å². The van der Waals surface area contributed by atoms with Crippen molar-refractivity contribution in [3.8, 4) is 0 Å². The molecule has 1 aromatic carbocycles. The summed E-state index contributed by atoms with van der Waals surface area (Å²) in [6.07, 6.45) is 2.34. The Hall–Kier alpha value is -0.870. The molecule has 1 N–H and O–H groups in total. The Morgan fingerprint density at radius 2 is 2.26 bits per heavy atom. The van der Waals surface area contributed by atoms with Crippen LogP contribution in [-0.2, 0) is 4.74 Å². The average molecular weight is 326 g/mol. The summed E-state index contributed by atoms with van der Waals surface area (Å²) in [5.74, 6) is 0.438. The Morgan fingerprint density at radius 1 is 1.47 bits per heavy atom. The van der Waals surface area contributed by atoms with Crippen molar-refractivity contribution in [2.45, 2.75) is 32.8 Å². The molecule has 0 radical (unpaired) electrons. The van der Waals surface area contributed by atoms with Gasteiger partial charge in [-0.1, -0.05) is 22.9 Å². The van der Waals surface area contributed by atoms with Crippen molar-refractivity contribution in [2.75, 3.05) is 13.2 Å². The van der Waals surface area contributed by atoms with Gasteiger partial charge in [0.1, 0.15) is 0 Å². The lowest BCUT2D eigenvalue weighted by Crippen LogP contribution is -2.32. The monoisotopic (exact) mass is 325 g/mol. The molecule has 1 aliphatic heterocycles. The lowest BCUT2D eigenvalue weighted by atomic mass is 9.99. The van der Waals surface area contributed by atoms with Crippen LogP contribution in [0.5, 0.6) is 0 Å². The number of amides is 1. The van der Waals surface area contributed by atoms with Gasteiger partial charge >= 0.3 is 0 Å². The number of aryl methyl sites for hydroxylation is 1. The van der Waals surface area contributed by atoms with Crippen LogP contribution in [0.25, 0.3) is 0 Å². The predicted molar refractivity (Wildman–Crippen MR) is 79.4 cm³/mol. The predicted octanol–water partition coefficient (Wildman–Crippen LogP) is 3.30. The third-order valence-electron chi connectivity index (χ3n) is 3.58. The molecular weight excluding hydrogens is 306 g/mol. The minimum absolute atomic E-state index is 0.00819. The maximum atomic E-state index is 12.1. The van der Waals surface area contributed by atoms with Crippen molar-refractivity contribution in [3.05, 3.63) is 33.8 Å². The van der Waals surface area contributed by atoms with E-state index in [1.54, 1.807) is 0 Å². The highest BCUT2D eigenvalue weighted by Crippen LogP contribution is 2.22. The first-order valence-electron chi connectivity index (χ1n) is 6.77. The number of benzene rings is 1. The van der Waals surface area contributed by atoms with E-state index in [9.17, 15) is 4.79 Å². The lowest BCUT2D eigenvalue weighted by Gasteiger charge is -2.17. The smallest absolute Gasteiger partial charge is 0.251 e. The van der Waals surface area contributed by atoms with Gasteiger partial charge in [0.2, 0.25) is 0 Å². The molecule has 19 heavy (non-hydrogen) atoms. The number of hydrogen-bond donors (Lipinski definition) is 1. The Morgan fingerprint density at radius 3 is 2.95 bits per heavy atom. The van der Waals surface area contributed by atoms with Crippen molar-refractivity contribution in [2.24, 2.45) is 5.92 Å². The van der Waals surface area contributed by atoms with Gasteiger partial charge in [-0.05, 0) is 43.5 Å². The molecule has 1 saturated heterocycles. The van der Waals surface area contributed by atoms with Crippen molar-refractivity contribution >= 4 is 21.8 Å². The van der Waals surface area contributed by atoms with E-state index >= 15 is 0 Å². The number of carbonyl (C=O) groups is 1. The van der Waals surface area contributed by atoms with E-state index in [1.165, 1.54) is 0 Å². The number of rotatable bonds is 4. The standard InChI is InChI=1S/C15H20BrNO2/c1-3-14-11(4-5-19-14)9-17-15(18)12-6-10(2)7-13(16)8-12/h6-8,11,14H,3-5,9H2,1-2H3,(H,17,18). The zero-order chi connectivity index (χ0) is 13.8. The topological polar surface area (TPSA) is 38.3 Å². The van der Waals surface area contributed by atoms with E-state index in [4.69, 9.17) is 4.74 Å². The van der Waals surface area contributed by atoms with Gasteiger partial charge < -0.3 is 10.1 Å². The van der Waals surface area contributed by atoms with Gasteiger partial charge in [-0.2, -0.15) is 0 Å². The first-order valence-corrected chi connectivity index (χ1v) is 7.56. The zero-order valence-electron chi connectivity index (χ0n) is 11.4. The van der Waals surface area contributed by atoms with E-state index in [-0.39, 0.29) is 5.91 Å². The van der Waals surface area contributed by atoms with Gasteiger partial charge in [-0.3, -0.25) is 4.79 Å². The summed E-state index contributed by atoms with van der Waals surface area (Å²) >= 11 is 3.42. The molecule has 0 spiro atoms. The first-order chi connectivity index (χ1) is 9.10. The van der Waals surface area contributed by atoms with Crippen LogP contribution in [0.4, 0.5) is 0 Å². The van der Waals surface area contributed by atoms with Crippen molar-refractivity contribution in [1.82, 2.24) is 5.32 Å². The number of hydrogen-bond acceptors (Lipinski definition) is 2. The molecule has 0 aliphatic carbocycles. The first kappa shape index (κ1) is 14.5. The van der Waals surface area contributed by atoms with Crippen molar-refractivity contribution in [1.29, 1.82) is 0 Å². The minimum atomic E-state index is -0.00819. The lowest BCUT2D eigenvalue weighted by molar-refractivity contribution is 0.0827. The maximum absolute atomic E-state index is 12.1.